The summed E-state index contributed by atoms with van der Waals surface area (Å²) in [5.41, 5.74) is 3.42. The molecule has 92 valence electrons. The third kappa shape index (κ3) is 3.00. The highest BCUT2D eigenvalue weighted by Gasteiger charge is 2.05. The van der Waals surface area contributed by atoms with E-state index in [4.69, 9.17) is 21.6 Å². The fourth-order valence-electron chi connectivity index (χ4n) is 1.51. The third-order valence-corrected chi connectivity index (χ3v) is 3.78. The van der Waals surface area contributed by atoms with E-state index in [-0.39, 0.29) is 0 Å². The van der Waals surface area contributed by atoms with Crippen molar-refractivity contribution in [2.45, 2.75) is 13.3 Å². The van der Waals surface area contributed by atoms with Gasteiger partial charge >= 0.3 is 0 Å². The minimum Gasteiger partial charge on any atom is -0.492 e. The Morgan fingerprint density at radius 1 is 1.50 bits per heavy atom. The zero-order valence-electron chi connectivity index (χ0n) is 9.81. The molecule has 0 aliphatic heterocycles. The second kappa shape index (κ2) is 5.85. The molecule has 1 aromatic heterocycles. The molecule has 3 nitrogen and oxygen atoms in total. The number of nitrogens with zero attached hydrogens (tertiary/aromatic N) is 2. The van der Waals surface area contributed by atoms with Crippen LogP contribution in [0.3, 0.4) is 0 Å². The SMILES string of the molecule is Cc1ncsc1CCOc1ccc(C#N)cc1Cl. The number of hydrogen-bond acceptors (Lipinski definition) is 4. The van der Waals surface area contributed by atoms with Gasteiger partial charge in [-0.15, -0.1) is 11.3 Å². The summed E-state index contributed by atoms with van der Waals surface area (Å²) in [6.45, 7) is 2.54. The number of halogens is 1. The molecule has 2 rings (SSSR count). The molecule has 0 saturated carbocycles. The van der Waals surface area contributed by atoms with Crippen molar-refractivity contribution in [3.8, 4) is 11.8 Å². The van der Waals surface area contributed by atoms with E-state index in [0.29, 0.717) is 22.9 Å². The van der Waals surface area contributed by atoms with E-state index in [1.807, 2.05) is 18.5 Å². The minimum atomic E-state index is 0.468. The molecular weight excluding hydrogens is 268 g/mol. The van der Waals surface area contributed by atoms with Crippen molar-refractivity contribution < 1.29 is 4.74 Å². The lowest BCUT2D eigenvalue weighted by Crippen LogP contribution is -2.01. The van der Waals surface area contributed by atoms with Crippen molar-refractivity contribution >= 4 is 22.9 Å². The van der Waals surface area contributed by atoms with Crippen LogP contribution in [0.4, 0.5) is 0 Å². The Balaban J connectivity index is 1.95. The number of hydrogen-bond donors (Lipinski definition) is 0. The Hall–Kier alpha value is -1.57. The van der Waals surface area contributed by atoms with Crippen molar-refractivity contribution in [1.82, 2.24) is 4.98 Å². The van der Waals surface area contributed by atoms with E-state index in [2.05, 4.69) is 4.98 Å². The average molecular weight is 279 g/mol. The topological polar surface area (TPSA) is 45.9 Å². The first kappa shape index (κ1) is 12.9. The molecule has 0 fully saturated rings. The molecule has 0 amide bonds. The maximum Gasteiger partial charge on any atom is 0.137 e. The quantitative estimate of drug-likeness (QED) is 0.858. The van der Waals surface area contributed by atoms with Gasteiger partial charge < -0.3 is 4.74 Å². The molecule has 18 heavy (non-hydrogen) atoms. The Morgan fingerprint density at radius 3 is 2.94 bits per heavy atom. The van der Waals surface area contributed by atoms with Crippen LogP contribution in [-0.2, 0) is 6.42 Å². The van der Waals surface area contributed by atoms with Crippen molar-refractivity contribution in [3.63, 3.8) is 0 Å². The van der Waals surface area contributed by atoms with Gasteiger partial charge in [-0.05, 0) is 25.1 Å². The predicted molar refractivity (Wildman–Crippen MR) is 72.2 cm³/mol. The van der Waals surface area contributed by atoms with Crippen LogP contribution in [0.1, 0.15) is 16.1 Å². The van der Waals surface area contributed by atoms with E-state index in [1.54, 1.807) is 29.5 Å². The van der Waals surface area contributed by atoms with Crippen molar-refractivity contribution in [1.29, 1.82) is 5.26 Å². The highest BCUT2D eigenvalue weighted by molar-refractivity contribution is 7.09. The van der Waals surface area contributed by atoms with Gasteiger partial charge in [0.2, 0.25) is 0 Å². The molecule has 0 atom stereocenters. The molecule has 5 heteroatoms. The van der Waals surface area contributed by atoms with E-state index < -0.39 is 0 Å². The molecule has 1 aromatic carbocycles. The van der Waals surface area contributed by atoms with Gasteiger partial charge in [0, 0.05) is 11.3 Å². The number of aromatic nitrogens is 1. The van der Waals surface area contributed by atoms with Gasteiger partial charge in [0.25, 0.3) is 0 Å². The summed E-state index contributed by atoms with van der Waals surface area (Å²) in [5.74, 6) is 0.609. The Morgan fingerprint density at radius 2 is 2.33 bits per heavy atom. The highest BCUT2D eigenvalue weighted by Crippen LogP contribution is 2.25. The minimum absolute atomic E-state index is 0.468. The molecule has 0 bridgehead atoms. The van der Waals surface area contributed by atoms with Crippen LogP contribution in [0, 0.1) is 18.3 Å². The van der Waals surface area contributed by atoms with Gasteiger partial charge in [-0.25, -0.2) is 4.98 Å². The van der Waals surface area contributed by atoms with Crippen molar-refractivity contribution in [3.05, 3.63) is 44.9 Å². The molecule has 1 heterocycles. The van der Waals surface area contributed by atoms with Crippen LogP contribution < -0.4 is 4.74 Å². The second-order valence-corrected chi connectivity index (χ2v) is 5.06. The van der Waals surface area contributed by atoms with E-state index in [9.17, 15) is 0 Å². The normalized spacial score (nSPS) is 10.1. The smallest absolute Gasteiger partial charge is 0.137 e. The summed E-state index contributed by atoms with van der Waals surface area (Å²) in [4.78, 5) is 5.41. The standard InChI is InChI=1S/C13H11ClN2OS/c1-9-13(18-8-16-9)4-5-17-12-3-2-10(7-15)6-11(12)14/h2-3,6,8H,4-5H2,1H3. The van der Waals surface area contributed by atoms with Gasteiger partial charge in [-0.2, -0.15) is 5.26 Å². The second-order valence-electron chi connectivity index (χ2n) is 3.72. The Kier molecular flexibility index (Phi) is 4.19. The van der Waals surface area contributed by atoms with Gasteiger partial charge in [-0.1, -0.05) is 11.6 Å². The fourth-order valence-corrected chi connectivity index (χ4v) is 2.50. The monoisotopic (exact) mass is 278 g/mol. The molecular formula is C13H11ClN2OS. The van der Waals surface area contributed by atoms with Gasteiger partial charge in [0.05, 0.1) is 34.5 Å². The van der Waals surface area contributed by atoms with Crippen LogP contribution in [0.5, 0.6) is 5.75 Å². The summed E-state index contributed by atoms with van der Waals surface area (Å²) in [6.07, 6.45) is 0.812. The maximum absolute atomic E-state index is 8.73. The van der Waals surface area contributed by atoms with Crippen LogP contribution >= 0.6 is 22.9 Å². The zero-order valence-corrected chi connectivity index (χ0v) is 11.4. The first-order valence-electron chi connectivity index (χ1n) is 5.42. The van der Waals surface area contributed by atoms with E-state index >= 15 is 0 Å². The number of aryl methyl sites for hydroxylation is 1. The molecule has 0 radical (unpaired) electrons. The largest absolute Gasteiger partial charge is 0.492 e. The highest BCUT2D eigenvalue weighted by atomic mass is 35.5. The number of benzene rings is 1. The summed E-state index contributed by atoms with van der Waals surface area (Å²) in [6, 6.07) is 7.06. The van der Waals surface area contributed by atoms with Crippen LogP contribution in [0.25, 0.3) is 0 Å². The first-order chi connectivity index (χ1) is 8.70. The van der Waals surface area contributed by atoms with E-state index in [1.165, 1.54) is 4.88 Å². The predicted octanol–water partition coefficient (Wildman–Crippen LogP) is 3.60. The summed E-state index contributed by atoms with van der Waals surface area (Å²) in [5, 5.41) is 9.20. The Labute approximate surface area is 115 Å². The maximum atomic E-state index is 8.73. The molecule has 0 spiro atoms. The molecule has 0 saturated heterocycles. The third-order valence-electron chi connectivity index (χ3n) is 2.49. The van der Waals surface area contributed by atoms with E-state index in [0.717, 1.165) is 12.1 Å². The zero-order chi connectivity index (χ0) is 13.0. The summed E-state index contributed by atoms with van der Waals surface area (Å²) >= 11 is 7.64. The lowest BCUT2D eigenvalue weighted by atomic mass is 10.2. The fraction of sp³-hybridized carbons (Fsp3) is 0.231. The number of nitriles is 1. The van der Waals surface area contributed by atoms with Gasteiger partial charge in [0.15, 0.2) is 0 Å². The van der Waals surface area contributed by atoms with Crippen molar-refractivity contribution in [2.75, 3.05) is 6.61 Å². The molecule has 0 aliphatic rings. The van der Waals surface area contributed by atoms with Gasteiger partial charge in [-0.3, -0.25) is 0 Å². The summed E-state index contributed by atoms with van der Waals surface area (Å²) < 4.78 is 5.60. The van der Waals surface area contributed by atoms with Crippen LogP contribution in [-0.4, -0.2) is 11.6 Å². The van der Waals surface area contributed by atoms with Gasteiger partial charge in [0.1, 0.15) is 5.75 Å². The van der Waals surface area contributed by atoms with Crippen LogP contribution in [0.2, 0.25) is 5.02 Å². The number of ether oxygens (including phenoxy) is 1. The first-order valence-corrected chi connectivity index (χ1v) is 6.68. The number of thiazole rings is 1. The average Bonchev–Trinajstić information content (AvgIpc) is 2.77. The number of rotatable bonds is 4. The molecule has 0 N–H and O–H groups in total. The summed E-state index contributed by atoms with van der Waals surface area (Å²) in [7, 11) is 0. The molecule has 0 unspecified atom stereocenters. The molecule has 0 aliphatic carbocycles. The van der Waals surface area contributed by atoms with Crippen LogP contribution in [0.15, 0.2) is 23.7 Å². The Bertz CT molecular complexity index is 589. The van der Waals surface area contributed by atoms with Crippen molar-refractivity contribution in [2.24, 2.45) is 0 Å². The lowest BCUT2D eigenvalue weighted by molar-refractivity contribution is 0.323. The molecule has 2 aromatic rings. The lowest BCUT2D eigenvalue weighted by Gasteiger charge is -2.07.